The van der Waals surface area contributed by atoms with Gasteiger partial charge in [-0.05, 0) is 15.9 Å². The van der Waals surface area contributed by atoms with Gasteiger partial charge < -0.3 is 5.21 Å². The van der Waals surface area contributed by atoms with E-state index in [0.717, 1.165) is 0 Å². The van der Waals surface area contributed by atoms with Gasteiger partial charge in [0.05, 0.1) is 12.3 Å². The predicted molar refractivity (Wildman–Crippen MR) is 56.4 cm³/mol. The first-order valence-corrected chi connectivity index (χ1v) is 4.99. The van der Waals surface area contributed by atoms with Crippen LogP contribution in [0.25, 0.3) is 0 Å². The second-order valence-corrected chi connectivity index (χ2v) is 4.72. The first kappa shape index (κ1) is 11.2. The Morgan fingerprint density at radius 1 is 1.64 bits per heavy atom. The number of aromatic nitrogens is 3. The molecule has 6 heteroatoms. The fourth-order valence-corrected chi connectivity index (χ4v) is 1.22. The minimum Gasteiger partial charge on any atom is -0.411 e. The molecule has 0 aliphatic rings. The Morgan fingerprint density at radius 2 is 2.29 bits per heavy atom. The van der Waals surface area contributed by atoms with Crippen molar-refractivity contribution in [1.82, 2.24) is 14.8 Å². The van der Waals surface area contributed by atoms with E-state index in [9.17, 15) is 0 Å². The standard InChI is InChI=1S/C8H13BrN4O/c1-8(2,3)6(12-14)4-13-5-10-7(9)11-13/h5,14H,4H2,1-3H3/b12-6-. The summed E-state index contributed by atoms with van der Waals surface area (Å²) in [5, 5.41) is 16.2. The van der Waals surface area contributed by atoms with Crippen molar-refractivity contribution < 1.29 is 5.21 Å². The molecule has 0 saturated heterocycles. The van der Waals surface area contributed by atoms with Gasteiger partial charge in [0.25, 0.3) is 0 Å². The molecule has 0 spiro atoms. The Bertz CT molecular complexity index is 339. The van der Waals surface area contributed by atoms with Crippen LogP contribution in [0.2, 0.25) is 0 Å². The lowest BCUT2D eigenvalue weighted by atomic mass is 9.90. The van der Waals surface area contributed by atoms with Gasteiger partial charge in [-0.3, -0.25) is 0 Å². The fourth-order valence-electron chi connectivity index (χ4n) is 0.920. The highest BCUT2D eigenvalue weighted by molar-refractivity contribution is 9.10. The summed E-state index contributed by atoms with van der Waals surface area (Å²) in [6.07, 6.45) is 1.58. The molecule has 5 nitrogen and oxygen atoms in total. The Morgan fingerprint density at radius 3 is 2.64 bits per heavy atom. The van der Waals surface area contributed by atoms with Crippen molar-refractivity contribution >= 4 is 21.6 Å². The van der Waals surface area contributed by atoms with Crippen molar-refractivity contribution in [2.24, 2.45) is 10.6 Å². The molecule has 78 valence electrons. The summed E-state index contributed by atoms with van der Waals surface area (Å²) in [7, 11) is 0. The molecule has 0 atom stereocenters. The molecule has 14 heavy (non-hydrogen) atoms. The molecule has 0 fully saturated rings. The van der Waals surface area contributed by atoms with Gasteiger partial charge >= 0.3 is 0 Å². The van der Waals surface area contributed by atoms with Gasteiger partial charge in [0.15, 0.2) is 0 Å². The van der Waals surface area contributed by atoms with Crippen LogP contribution in [0.3, 0.4) is 0 Å². The predicted octanol–water partition coefficient (Wildman–Crippen LogP) is 1.92. The summed E-state index contributed by atoms with van der Waals surface area (Å²) in [5.74, 6) is 0. The van der Waals surface area contributed by atoms with Crippen LogP contribution in [-0.4, -0.2) is 25.7 Å². The maximum atomic E-state index is 8.84. The van der Waals surface area contributed by atoms with Crippen LogP contribution >= 0.6 is 15.9 Å². The fraction of sp³-hybridized carbons (Fsp3) is 0.625. The van der Waals surface area contributed by atoms with Gasteiger partial charge in [0.2, 0.25) is 4.73 Å². The minimum absolute atomic E-state index is 0.173. The normalized spacial score (nSPS) is 13.3. The van der Waals surface area contributed by atoms with Crippen molar-refractivity contribution in [1.29, 1.82) is 0 Å². The Balaban J connectivity index is 2.77. The zero-order valence-corrected chi connectivity index (χ0v) is 9.98. The minimum atomic E-state index is -0.173. The molecule has 0 saturated carbocycles. The van der Waals surface area contributed by atoms with Gasteiger partial charge in [-0.1, -0.05) is 25.9 Å². The second kappa shape index (κ2) is 4.08. The lowest BCUT2D eigenvalue weighted by molar-refractivity contribution is 0.307. The van der Waals surface area contributed by atoms with Gasteiger partial charge in [-0.15, -0.1) is 5.10 Å². The van der Waals surface area contributed by atoms with Crippen LogP contribution in [0, 0.1) is 5.41 Å². The van der Waals surface area contributed by atoms with Gasteiger partial charge in [0.1, 0.15) is 6.33 Å². The molecule has 1 aromatic rings. The molecule has 1 N–H and O–H groups in total. The molecule has 0 amide bonds. The average molecular weight is 261 g/mol. The van der Waals surface area contributed by atoms with E-state index in [1.165, 1.54) is 0 Å². The third-order valence-corrected chi connectivity index (χ3v) is 2.17. The molecule has 1 heterocycles. The van der Waals surface area contributed by atoms with Gasteiger partial charge in [-0.2, -0.15) is 0 Å². The SMILES string of the molecule is CC(C)(C)/C(Cn1cnc(Br)n1)=N\O. The number of hydrogen-bond donors (Lipinski definition) is 1. The van der Waals surface area contributed by atoms with E-state index in [4.69, 9.17) is 5.21 Å². The van der Waals surface area contributed by atoms with Crippen LogP contribution in [0.1, 0.15) is 20.8 Å². The van der Waals surface area contributed by atoms with Gasteiger partial charge in [-0.25, -0.2) is 9.67 Å². The van der Waals surface area contributed by atoms with Crippen LogP contribution < -0.4 is 0 Å². The smallest absolute Gasteiger partial charge is 0.217 e. The number of nitrogens with zero attached hydrogens (tertiary/aromatic N) is 4. The van der Waals surface area contributed by atoms with Crippen LogP contribution in [0.5, 0.6) is 0 Å². The van der Waals surface area contributed by atoms with Crippen LogP contribution in [-0.2, 0) is 6.54 Å². The van der Waals surface area contributed by atoms with Crippen LogP contribution in [0.15, 0.2) is 16.2 Å². The highest BCUT2D eigenvalue weighted by atomic mass is 79.9. The molecular weight excluding hydrogens is 248 g/mol. The number of oxime groups is 1. The van der Waals surface area contributed by atoms with E-state index in [2.05, 4.69) is 31.2 Å². The molecular formula is C8H13BrN4O. The topological polar surface area (TPSA) is 63.3 Å². The van der Waals surface area contributed by atoms with E-state index in [1.807, 2.05) is 20.8 Å². The zero-order valence-electron chi connectivity index (χ0n) is 8.40. The van der Waals surface area contributed by atoms with E-state index in [1.54, 1.807) is 11.0 Å². The van der Waals surface area contributed by atoms with Crippen LogP contribution in [0.4, 0.5) is 0 Å². The Kier molecular flexibility index (Phi) is 3.25. The second-order valence-electron chi connectivity index (χ2n) is 4.01. The summed E-state index contributed by atoms with van der Waals surface area (Å²) in [6.45, 7) is 6.38. The van der Waals surface area contributed by atoms with E-state index in [-0.39, 0.29) is 5.41 Å². The van der Waals surface area contributed by atoms with Gasteiger partial charge in [0, 0.05) is 5.41 Å². The molecule has 0 aliphatic heterocycles. The van der Waals surface area contributed by atoms with Crippen molar-refractivity contribution in [2.45, 2.75) is 27.3 Å². The Labute approximate surface area is 91.0 Å². The maximum absolute atomic E-state index is 8.84. The Hall–Kier alpha value is -0.910. The quantitative estimate of drug-likeness (QED) is 0.502. The maximum Gasteiger partial charge on any atom is 0.217 e. The summed E-state index contributed by atoms with van der Waals surface area (Å²) < 4.78 is 2.15. The summed E-state index contributed by atoms with van der Waals surface area (Å²) >= 11 is 3.15. The first-order chi connectivity index (χ1) is 6.43. The number of halogens is 1. The van der Waals surface area contributed by atoms with E-state index in [0.29, 0.717) is 17.0 Å². The summed E-state index contributed by atoms with van der Waals surface area (Å²) in [6, 6.07) is 0. The molecule has 0 aliphatic carbocycles. The largest absolute Gasteiger partial charge is 0.411 e. The van der Waals surface area contributed by atoms with Crippen molar-refractivity contribution in [3.05, 3.63) is 11.1 Å². The molecule has 0 radical (unpaired) electrons. The first-order valence-electron chi connectivity index (χ1n) is 4.20. The van der Waals surface area contributed by atoms with Crippen molar-refractivity contribution in [3.8, 4) is 0 Å². The molecule has 0 bridgehead atoms. The highest BCUT2D eigenvalue weighted by Gasteiger charge is 2.20. The van der Waals surface area contributed by atoms with E-state index < -0.39 is 0 Å². The highest BCUT2D eigenvalue weighted by Crippen LogP contribution is 2.17. The van der Waals surface area contributed by atoms with Crippen molar-refractivity contribution in [3.63, 3.8) is 0 Å². The summed E-state index contributed by atoms with van der Waals surface area (Å²) in [5.41, 5.74) is 0.489. The molecule has 1 aromatic heterocycles. The zero-order chi connectivity index (χ0) is 10.8. The van der Waals surface area contributed by atoms with Crippen molar-refractivity contribution in [2.75, 3.05) is 0 Å². The molecule has 0 aromatic carbocycles. The third kappa shape index (κ3) is 2.80. The number of hydrogen-bond acceptors (Lipinski definition) is 4. The average Bonchev–Trinajstić information content (AvgIpc) is 2.45. The summed E-state index contributed by atoms with van der Waals surface area (Å²) in [4.78, 5) is 3.92. The lowest BCUT2D eigenvalue weighted by Crippen LogP contribution is -2.25. The number of rotatable bonds is 2. The third-order valence-electron chi connectivity index (χ3n) is 1.81. The van der Waals surface area contributed by atoms with E-state index >= 15 is 0 Å². The molecule has 0 unspecified atom stereocenters. The lowest BCUT2D eigenvalue weighted by Gasteiger charge is -2.19. The molecule has 1 rings (SSSR count). The monoisotopic (exact) mass is 260 g/mol.